The van der Waals surface area contributed by atoms with Gasteiger partial charge in [0.05, 0.1) is 5.69 Å². The Labute approximate surface area is 180 Å². The van der Waals surface area contributed by atoms with Crippen LogP contribution < -0.4 is 5.32 Å². The quantitative estimate of drug-likeness (QED) is 0.459. The molecule has 4 aromatic rings. The van der Waals surface area contributed by atoms with Gasteiger partial charge < -0.3 is 5.32 Å². The predicted octanol–water partition coefficient (Wildman–Crippen LogP) is 5.77. The summed E-state index contributed by atoms with van der Waals surface area (Å²) >= 11 is 6.33. The van der Waals surface area contributed by atoms with Crippen molar-refractivity contribution in [2.45, 2.75) is 20.8 Å². The highest BCUT2D eigenvalue weighted by atomic mass is 35.5. The molecule has 0 fully saturated rings. The van der Waals surface area contributed by atoms with Crippen LogP contribution in [-0.2, 0) is 0 Å². The molecule has 0 bridgehead atoms. The fourth-order valence-electron chi connectivity index (χ4n) is 3.12. The number of halogens is 1. The van der Waals surface area contributed by atoms with Crippen molar-refractivity contribution < 1.29 is 4.79 Å². The van der Waals surface area contributed by atoms with Crippen LogP contribution in [0.15, 0.2) is 66.7 Å². The second-order valence-corrected chi connectivity index (χ2v) is 7.65. The molecule has 0 atom stereocenters. The fourth-order valence-corrected chi connectivity index (χ4v) is 3.28. The summed E-state index contributed by atoms with van der Waals surface area (Å²) in [6.07, 6.45) is 0. The highest BCUT2D eigenvalue weighted by molar-refractivity contribution is 6.31. The molecule has 1 heterocycles. The van der Waals surface area contributed by atoms with Gasteiger partial charge in [0, 0.05) is 16.3 Å². The lowest BCUT2D eigenvalue weighted by molar-refractivity contribution is 0.101. The van der Waals surface area contributed by atoms with E-state index in [2.05, 4.69) is 15.4 Å². The summed E-state index contributed by atoms with van der Waals surface area (Å²) < 4.78 is 1.68. The summed E-state index contributed by atoms with van der Waals surface area (Å²) in [5, 5.41) is 8.02. The maximum absolute atomic E-state index is 12.9. The number of hydrogen-bond donors (Lipinski definition) is 1. The van der Waals surface area contributed by atoms with Gasteiger partial charge in [-0.2, -0.15) is 0 Å². The summed E-state index contributed by atoms with van der Waals surface area (Å²) in [6, 6.07) is 21.1. The van der Waals surface area contributed by atoms with Gasteiger partial charge in [-0.25, -0.2) is 9.67 Å². The first kappa shape index (κ1) is 19.9. The van der Waals surface area contributed by atoms with E-state index in [0.717, 1.165) is 27.9 Å². The number of nitrogens with one attached hydrogen (secondary N) is 1. The number of nitrogens with zero attached hydrogens (tertiary/aromatic N) is 3. The number of benzene rings is 3. The Morgan fingerprint density at radius 2 is 1.53 bits per heavy atom. The number of anilines is 1. The average Bonchev–Trinajstić information content (AvgIpc) is 3.17. The SMILES string of the molecule is Cc1ccc(NC(=O)c2nc(-c3ccc(C)cc3)n(-c3cccc(Cl)c3C)n2)cc1. The van der Waals surface area contributed by atoms with Crippen molar-refractivity contribution in [3.05, 3.63) is 94.3 Å². The first-order chi connectivity index (χ1) is 14.4. The Kier molecular flexibility index (Phi) is 5.38. The van der Waals surface area contributed by atoms with E-state index in [1.807, 2.05) is 87.5 Å². The molecule has 5 nitrogen and oxygen atoms in total. The third kappa shape index (κ3) is 3.98. The van der Waals surface area contributed by atoms with Crippen LogP contribution in [0.25, 0.3) is 17.1 Å². The van der Waals surface area contributed by atoms with Crippen LogP contribution in [-0.4, -0.2) is 20.7 Å². The maximum atomic E-state index is 12.9. The van der Waals surface area contributed by atoms with Gasteiger partial charge in [0.1, 0.15) is 0 Å². The van der Waals surface area contributed by atoms with Gasteiger partial charge in [0.2, 0.25) is 5.82 Å². The lowest BCUT2D eigenvalue weighted by Gasteiger charge is -2.10. The smallest absolute Gasteiger partial charge is 0.295 e. The molecule has 0 aliphatic rings. The average molecular weight is 417 g/mol. The van der Waals surface area contributed by atoms with E-state index in [1.165, 1.54) is 0 Å². The number of hydrogen-bond acceptors (Lipinski definition) is 3. The van der Waals surface area contributed by atoms with Crippen LogP contribution >= 0.6 is 11.6 Å². The van der Waals surface area contributed by atoms with E-state index in [4.69, 9.17) is 11.6 Å². The van der Waals surface area contributed by atoms with Gasteiger partial charge >= 0.3 is 0 Å². The number of rotatable bonds is 4. The topological polar surface area (TPSA) is 59.8 Å². The van der Waals surface area contributed by atoms with Crippen molar-refractivity contribution in [1.29, 1.82) is 0 Å². The molecular weight excluding hydrogens is 396 g/mol. The summed E-state index contributed by atoms with van der Waals surface area (Å²) in [7, 11) is 0. The molecule has 6 heteroatoms. The molecular formula is C24H21ClN4O. The molecule has 0 unspecified atom stereocenters. The summed E-state index contributed by atoms with van der Waals surface area (Å²) in [6.45, 7) is 5.94. The van der Waals surface area contributed by atoms with Crippen LogP contribution in [0.5, 0.6) is 0 Å². The van der Waals surface area contributed by atoms with Crippen molar-refractivity contribution in [3.63, 3.8) is 0 Å². The largest absolute Gasteiger partial charge is 0.319 e. The zero-order valence-corrected chi connectivity index (χ0v) is 17.7. The Morgan fingerprint density at radius 1 is 0.900 bits per heavy atom. The first-order valence-electron chi connectivity index (χ1n) is 9.60. The molecule has 0 saturated heterocycles. The molecule has 0 saturated carbocycles. The lowest BCUT2D eigenvalue weighted by Crippen LogP contribution is -2.14. The Balaban J connectivity index is 1.79. The summed E-state index contributed by atoms with van der Waals surface area (Å²) in [5.74, 6) is 0.297. The third-order valence-electron chi connectivity index (χ3n) is 4.90. The number of amides is 1. The van der Waals surface area contributed by atoms with Crippen LogP contribution in [0, 0.1) is 20.8 Å². The standard InChI is InChI=1S/C24H21ClN4O/c1-15-7-11-18(12-8-15)23-27-22(24(30)26-19-13-9-16(2)10-14-19)28-29(23)21-6-4-5-20(25)17(21)3/h4-14H,1-3H3,(H,26,30). The molecule has 0 aliphatic heterocycles. The Bertz CT molecular complexity index is 1210. The highest BCUT2D eigenvalue weighted by Gasteiger charge is 2.20. The number of aromatic nitrogens is 3. The Hall–Kier alpha value is -3.44. The molecule has 0 radical (unpaired) electrons. The monoisotopic (exact) mass is 416 g/mol. The summed E-state index contributed by atoms with van der Waals surface area (Å²) in [5.41, 5.74) is 5.46. The van der Waals surface area contributed by atoms with E-state index >= 15 is 0 Å². The highest BCUT2D eigenvalue weighted by Crippen LogP contribution is 2.27. The first-order valence-corrected chi connectivity index (χ1v) is 9.98. The number of aryl methyl sites for hydroxylation is 2. The third-order valence-corrected chi connectivity index (χ3v) is 5.31. The van der Waals surface area contributed by atoms with Crippen molar-refractivity contribution in [1.82, 2.24) is 14.8 Å². The second kappa shape index (κ2) is 8.13. The van der Waals surface area contributed by atoms with Crippen LogP contribution in [0.3, 0.4) is 0 Å². The predicted molar refractivity (Wildman–Crippen MR) is 120 cm³/mol. The van der Waals surface area contributed by atoms with Crippen LogP contribution in [0.4, 0.5) is 5.69 Å². The normalized spacial score (nSPS) is 10.8. The molecule has 150 valence electrons. The molecule has 0 spiro atoms. The summed E-state index contributed by atoms with van der Waals surface area (Å²) in [4.78, 5) is 17.4. The minimum Gasteiger partial charge on any atom is -0.319 e. The van der Waals surface area contributed by atoms with Crippen molar-refractivity contribution in [2.24, 2.45) is 0 Å². The minimum atomic E-state index is -0.370. The molecule has 30 heavy (non-hydrogen) atoms. The Morgan fingerprint density at radius 3 is 2.20 bits per heavy atom. The molecule has 0 aliphatic carbocycles. The molecule has 4 rings (SSSR count). The van der Waals surface area contributed by atoms with Gasteiger partial charge in [0.25, 0.3) is 5.91 Å². The van der Waals surface area contributed by atoms with Crippen molar-refractivity contribution >= 4 is 23.2 Å². The fraction of sp³-hybridized carbons (Fsp3) is 0.125. The van der Waals surface area contributed by atoms with Gasteiger partial charge in [-0.15, -0.1) is 5.10 Å². The number of carbonyl (C=O) groups excluding carboxylic acids is 1. The van der Waals surface area contributed by atoms with E-state index in [-0.39, 0.29) is 11.7 Å². The van der Waals surface area contributed by atoms with Gasteiger partial charge in [-0.3, -0.25) is 4.79 Å². The zero-order chi connectivity index (χ0) is 21.3. The van der Waals surface area contributed by atoms with Crippen molar-refractivity contribution in [3.8, 4) is 17.1 Å². The van der Waals surface area contributed by atoms with Crippen molar-refractivity contribution in [2.75, 3.05) is 5.32 Å². The van der Waals surface area contributed by atoms with Crippen LogP contribution in [0.1, 0.15) is 27.3 Å². The van der Waals surface area contributed by atoms with E-state index in [0.29, 0.717) is 16.5 Å². The lowest BCUT2D eigenvalue weighted by atomic mass is 10.1. The van der Waals surface area contributed by atoms with Gasteiger partial charge in [-0.1, -0.05) is 65.2 Å². The molecule has 1 aromatic heterocycles. The maximum Gasteiger partial charge on any atom is 0.295 e. The molecule has 3 aromatic carbocycles. The molecule has 1 amide bonds. The van der Waals surface area contributed by atoms with Gasteiger partial charge in [-0.05, 0) is 50.6 Å². The minimum absolute atomic E-state index is 0.0884. The zero-order valence-electron chi connectivity index (χ0n) is 17.0. The van der Waals surface area contributed by atoms with E-state index in [1.54, 1.807) is 4.68 Å². The molecule has 1 N–H and O–H groups in total. The second-order valence-electron chi connectivity index (χ2n) is 7.24. The van der Waals surface area contributed by atoms with Gasteiger partial charge in [0.15, 0.2) is 5.82 Å². The van der Waals surface area contributed by atoms with E-state index in [9.17, 15) is 4.79 Å². The number of carbonyl (C=O) groups is 1. The van der Waals surface area contributed by atoms with Crippen LogP contribution in [0.2, 0.25) is 5.02 Å². The van der Waals surface area contributed by atoms with E-state index < -0.39 is 0 Å².